The van der Waals surface area contributed by atoms with Crippen LogP contribution >= 0.6 is 0 Å². The number of pyridine rings is 1. The summed E-state index contributed by atoms with van der Waals surface area (Å²) in [6, 6.07) is 11.8. The Morgan fingerprint density at radius 2 is 1.96 bits per heavy atom. The summed E-state index contributed by atoms with van der Waals surface area (Å²) in [6.07, 6.45) is 4.15. The third-order valence-corrected chi connectivity index (χ3v) is 5.02. The number of benzene rings is 1. The van der Waals surface area contributed by atoms with E-state index in [1.165, 1.54) is 0 Å². The number of fused-ring (bicyclic) bond motifs is 2. The van der Waals surface area contributed by atoms with E-state index in [4.69, 9.17) is 4.98 Å². The highest BCUT2D eigenvalue weighted by molar-refractivity contribution is 5.81. The van der Waals surface area contributed by atoms with Crippen molar-refractivity contribution in [1.29, 1.82) is 0 Å². The normalized spacial score (nSPS) is 14.4. The summed E-state index contributed by atoms with van der Waals surface area (Å²) in [5.74, 6) is 0.606. The summed E-state index contributed by atoms with van der Waals surface area (Å²) in [4.78, 5) is 26.5. The molecule has 2 N–H and O–H groups in total. The number of aromatic amines is 2. The van der Waals surface area contributed by atoms with Crippen LogP contribution in [-0.2, 0) is 19.5 Å². The fraction of sp³-hybridized carbons (Fsp3) is 0.200. The third-order valence-electron chi connectivity index (χ3n) is 5.02. The van der Waals surface area contributed by atoms with Gasteiger partial charge in [0.1, 0.15) is 5.82 Å². The van der Waals surface area contributed by atoms with Crippen molar-refractivity contribution in [2.24, 2.45) is 0 Å². The predicted octanol–water partition coefficient (Wildman–Crippen LogP) is 2.27. The van der Waals surface area contributed by atoms with E-state index in [2.05, 4.69) is 31.1 Å². The van der Waals surface area contributed by atoms with Crippen LogP contribution in [0.15, 0.2) is 53.6 Å². The summed E-state index contributed by atoms with van der Waals surface area (Å²) in [5, 5.41) is 8.61. The van der Waals surface area contributed by atoms with Crippen LogP contribution in [0.4, 0.5) is 0 Å². The monoisotopic (exact) mass is 358 g/mol. The number of aromatic nitrogens is 5. The Morgan fingerprint density at radius 3 is 2.85 bits per heavy atom. The highest BCUT2D eigenvalue weighted by Gasteiger charge is 2.22. The Hall–Kier alpha value is -3.32. The molecule has 0 saturated carbocycles. The Kier molecular flexibility index (Phi) is 3.79. The second kappa shape index (κ2) is 6.44. The maximum atomic E-state index is 12.7. The molecule has 0 fully saturated rings. The number of H-pyrrole nitrogens is 2. The molecule has 3 aromatic heterocycles. The van der Waals surface area contributed by atoms with Gasteiger partial charge in [0, 0.05) is 49.4 Å². The van der Waals surface area contributed by atoms with E-state index in [-0.39, 0.29) is 5.56 Å². The summed E-state index contributed by atoms with van der Waals surface area (Å²) in [5.41, 5.74) is 4.49. The van der Waals surface area contributed by atoms with Crippen molar-refractivity contribution >= 4 is 10.9 Å². The van der Waals surface area contributed by atoms with Crippen molar-refractivity contribution in [3.63, 3.8) is 0 Å². The van der Waals surface area contributed by atoms with Gasteiger partial charge in [-0.1, -0.05) is 18.2 Å². The summed E-state index contributed by atoms with van der Waals surface area (Å²) < 4.78 is 0. The van der Waals surface area contributed by atoms with Gasteiger partial charge in [0.15, 0.2) is 0 Å². The summed E-state index contributed by atoms with van der Waals surface area (Å²) in [7, 11) is 0. The minimum absolute atomic E-state index is 0.0639. The molecule has 0 radical (unpaired) electrons. The van der Waals surface area contributed by atoms with Gasteiger partial charge in [0.25, 0.3) is 5.56 Å². The molecule has 0 spiro atoms. The van der Waals surface area contributed by atoms with Crippen LogP contribution in [0.25, 0.3) is 22.3 Å². The number of rotatable bonds is 3. The van der Waals surface area contributed by atoms with Gasteiger partial charge in [-0.3, -0.25) is 19.8 Å². The topological polar surface area (TPSA) is 90.6 Å². The number of nitrogens with zero attached hydrogens (tertiary/aromatic N) is 4. The largest absolute Gasteiger partial charge is 0.306 e. The Labute approximate surface area is 155 Å². The molecule has 7 nitrogen and oxygen atoms in total. The van der Waals surface area contributed by atoms with Crippen LogP contribution in [0.3, 0.4) is 0 Å². The van der Waals surface area contributed by atoms with Crippen LogP contribution in [0.2, 0.25) is 0 Å². The molecule has 4 aromatic rings. The molecule has 7 heteroatoms. The molecule has 0 atom stereocenters. The Bertz CT molecular complexity index is 1160. The predicted molar refractivity (Wildman–Crippen MR) is 102 cm³/mol. The van der Waals surface area contributed by atoms with E-state index in [0.717, 1.165) is 52.9 Å². The first-order chi connectivity index (χ1) is 13.3. The van der Waals surface area contributed by atoms with Crippen LogP contribution in [0.5, 0.6) is 0 Å². The molecule has 0 amide bonds. The molecule has 0 aliphatic carbocycles. The average Bonchev–Trinajstić information content (AvgIpc) is 3.12. The van der Waals surface area contributed by atoms with E-state index in [9.17, 15) is 4.79 Å². The SMILES string of the molecule is O=c1[nH]c(-c2ccncc2)nc2c1CN(Cc1[nH]nc3ccccc13)CC2. The zero-order chi connectivity index (χ0) is 18.2. The molecule has 0 unspecified atom stereocenters. The van der Waals surface area contributed by atoms with Crippen LogP contribution in [0, 0.1) is 0 Å². The number of para-hydroxylation sites is 1. The van der Waals surface area contributed by atoms with E-state index in [0.29, 0.717) is 12.4 Å². The van der Waals surface area contributed by atoms with E-state index >= 15 is 0 Å². The fourth-order valence-corrected chi connectivity index (χ4v) is 3.62. The first-order valence-electron chi connectivity index (χ1n) is 8.95. The van der Waals surface area contributed by atoms with E-state index in [1.807, 2.05) is 30.3 Å². The maximum Gasteiger partial charge on any atom is 0.255 e. The number of hydrogen-bond acceptors (Lipinski definition) is 5. The first kappa shape index (κ1) is 15.9. The lowest BCUT2D eigenvalue weighted by molar-refractivity contribution is 0.240. The summed E-state index contributed by atoms with van der Waals surface area (Å²) >= 11 is 0. The van der Waals surface area contributed by atoms with Crippen molar-refractivity contribution in [2.75, 3.05) is 6.54 Å². The Balaban J connectivity index is 1.42. The molecular formula is C20H18N6O. The quantitative estimate of drug-likeness (QED) is 0.586. The second-order valence-electron chi connectivity index (χ2n) is 6.76. The fourth-order valence-electron chi connectivity index (χ4n) is 3.62. The molecule has 5 rings (SSSR count). The average molecular weight is 358 g/mol. The van der Waals surface area contributed by atoms with Crippen molar-refractivity contribution in [1.82, 2.24) is 30.0 Å². The number of nitrogens with one attached hydrogen (secondary N) is 2. The van der Waals surface area contributed by atoms with Crippen molar-refractivity contribution < 1.29 is 0 Å². The Morgan fingerprint density at radius 1 is 1.11 bits per heavy atom. The van der Waals surface area contributed by atoms with Crippen LogP contribution in [-0.4, -0.2) is 36.6 Å². The van der Waals surface area contributed by atoms with Crippen molar-refractivity contribution in [3.05, 3.63) is 76.1 Å². The highest BCUT2D eigenvalue weighted by Crippen LogP contribution is 2.22. The second-order valence-corrected chi connectivity index (χ2v) is 6.76. The van der Waals surface area contributed by atoms with E-state index < -0.39 is 0 Å². The first-order valence-corrected chi connectivity index (χ1v) is 8.95. The maximum absolute atomic E-state index is 12.7. The van der Waals surface area contributed by atoms with Crippen molar-refractivity contribution in [2.45, 2.75) is 19.5 Å². The van der Waals surface area contributed by atoms with Gasteiger partial charge in [0.05, 0.1) is 22.5 Å². The lowest BCUT2D eigenvalue weighted by Gasteiger charge is -2.27. The molecule has 1 aromatic carbocycles. The third kappa shape index (κ3) is 2.92. The van der Waals surface area contributed by atoms with Crippen LogP contribution < -0.4 is 5.56 Å². The van der Waals surface area contributed by atoms with Gasteiger partial charge in [0.2, 0.25) is 0 Å². The lowest BCUT2D eigenvalue weighted by Crippen LogP contribution is -2.35. The molecular weight excluding hydrogens is 340 g/mol. The summed E-state index contributed by atoms with van der Waals surface area (Å²) in [6.45, 7) is 2.17. The molecule has 1 aliphatic rings. The minimum atomic E-state index is -0.0639. The highest BCUT2D eigenvalue weighted by atomic mass is 16.1. The molecule has 0 bridgehead atoms. The molecule has 4 heterocycles. The van der Waals surface area contributed by atoms with Crippen molar-refractivity contribution in [3.8, 4) is 11.4 Å². The van der Waals surface area contributed by atoms with Gasteiger partial charge < -0.3 is 4.98 Å². The standard InChI is InChI=1S/C20H18N6O/c27-20-15-11-26(12-18-14-3-1-2-4-17(14)24-25-18)10-7-16(15)22-19(23-20)13-5-8-21-9-6-13/h1-6,8-9H,7,10-12H2,(H,24,25)(H,22,23,27). The smallest absolute Gasteiger partial charge is 0.255 e. The molecule has 27 heavy (non-hydrogen) atoms. The van der Waals surface area contributed by atoms with E-state index in [1.54, 1.807) is 12.4 Å². The molecule has 1 aliphatic heterocycles. The van der Waals surface area contributed by atoms with Gasteiger partial charge in [-0.15, -0.1) is 0 Å². The zero-order valence-electron chi connectivity index (χ0n) is 14.6. The number of hydrogen-bond donors (Lipinski definition) is 2. The molecule has 134 valence electrons. The van der Waals surface area contributed by atoms with Gasteiger partial charge in [-0.2, -0.15) is 5.10 Å². The van der Waals surface area contributed by atoms with Gasteiger partial charge in [-0.05, 0) is 18.2 Å². The minimum Gasteiger partial charge on any atom is -0.306 e. The van der Waals surface area contributed by atoms with Gasteiger partial charge in [-0.25, -0.2) is 4.98 Å². The lowest BCUT2D eigenvalue weighted by atomic mass is 10.1. The van der Waals surface area contributed by atoms with Gasteiger partial charge >= 0.3 is 0 Å². The molecule has 0 saturated heterocycles. The zero-order valence-corrected chi connectivity index (χ0v) is 14.6. The van der Waals surface area contributed by atoms with Crippen LogP contribution in [0.1, 0.15) is 17.0 Å².